The number of halogens is 1. The van der Waals surface area contributed by atoms with Crippen LogP contribution >= 0.6 is 24.0 Å². The van der Waals surface area contributed by atoms with E-state index in [0.29, 0.717) is 5.41 Å². The summed E-state index contributed by atoms with van der Waals surface area (Å²) in [4.78, 5) is 8.63. The Balaban J connectivity index is 0.00000225. The maximum Gasteiger partial charge on any atom is 0.213 e. The van der Waals surface area contributed by atoms with Crippen molar-refractivity contribution in [3.05, 3.63) is 23.9 Å². The molecular weight excluding hydrogens is 427 g/mol. The molecule has 3 rings (SSSR count). The molecule has 25 heavy (non-hydrogen) atoms. The zero-order valence-corrected chi connectivity index (χ0v) is 17.7. The standard InChI is InChI=1S/C19H30N4O.HI/c1-3-19(8-4-9-19)14-23-18(20-2)22-12-16-7-10-21-17(11-16)24-13-15-5-6-15;/h7,10-11,15H,3-6,8-9,12-14H2,1-2H3,(H2,20,22,23);1H. The van der Waals surface area contributed by atoms with Gasteiger partial charge in [-0.25, -0.2) is 4.98 Å². The average molecular weight is 458 g/mol. The molecule has 140 valence electrons. The number of nitrogens with one attached hydrogen (secondary N) is 2. The highest BCUT2D eigenvalue weighted by molar-refractivity contribution is 14.0. The predicted molar refractivity (Wildman–Crippen MR) is 113 cm³/mol. The summed E-state index contributed by atoms with van der Waals surface area (Å²) in [7, 11) is 1.82. The van der Waals surface area contributed by atoms with Crippen molar-refractivity contribution >= 4 is 29.9 Å². The van der Waals surface area contributed by atoms with Gasteiger partial charge in [0.05, 0.1) is 6.61 Å². The van der Waals surface area contributed by atoms with Gasteiger partial charge in [-0.2, -0.15) is 0 Å². The lowest BCUT2D eigenvalue weighted by Crippen LogP contribution is -2.46. The van der Waals surface area contributed by atoms with Crippen LogP contribution in [0.15, 0.2) is 23.3 Å². The maximum atomic E-state index is 5.75. The molecule has 2 aliphatic rings. The molecule has 2 saturated carbocycles. The molecular formula is C19H31IN4O. The number of aliphatic imine (C=N–C) groups is 1. The first-order chi connectivity index (χ1) is 11.7. The lowest BCUT2D eigenvalue weighted by atomic mass is 9.67. The third-order valence-corrected chi connectivity index (χ3v) is 5.44. The molecule has 1 aromatic rings. The second kappa shape index (κ2) is 9.59. The number of pyridine rings is 1. The van der Waals surface area contributed by atoms with Gasteiger partial charge < -0.3 is 15.4 Å². The Morgan fingerprint density at radius 1 is 1.36 bits per heavy atom. The van der Waals surface area contributed by atoms with Crippen LogP contribution in [0, 0.1) is 11.3 Å². The fourth-order valence-corrected chi connectivity index (χ4v) is 3.14. The Morgan fingerprint density at radius 3 is 2.76 bits per heavy atom. The molecule has 2 fully saturated rings. The molecule has 5 nitrogen and oxygen atoms in total. The van der Waals surface area contributed by atoms with Gasteiger partial charge in [0.25, 0.3) is 0 Å². The summed E-state index contributed by atoms with van der Waals surface area (Å²) in [5.41, 5.74) is 1.64. The third-order valence-electron chi connectivity index (χ3n) is 5.44. The van der Waals surface area contributed by atoms with E-state index in [0.717, 1.165) is 43.0 Å². The van der Waals surface area contributed by atoms with Gasteiger partial charge in [-0.1, -0.05) is 13.3 Å². The van der Waals surface area contributed by atoms with E-state index in [4.69, 9.17) is 4.74 Å². The topological polar surface area (TPSA) is 58.5 Å². The van der Waals surface area contributed by atoms with Crippen LogP contribution in [0.2, 0.25) is 0 Å². The lowest BCUT2D eigenvalue weighted by molar-refractivity contribution is 0.131. The summed E-state index contributed by atoms with van der Waals surface area (Å²) >= 11 is 0. The van der Waals surface area contributed by atoms with E-state index in [1.165, 1.54) is 38.5 Å². The molecule has 0 bridgehead atoms. The van der Waals surface area contributed by atoms with Crippen LogP contribution in [-0.2, 0) is 6.54 Å². The van der Waals surface area contributed by atoms with Crippen LogP contribution in [0.3, 0.4) is 0 Å². The summed E-state index contributed by atoms with van der Waals surface area (Å²) in [6.45, 7) is 4.82. The minimum Gasteiger partial charge on any atom is -0.477 e. The van der Waals surface area contributed by atoms with Gasteiger partial charge in [-0.15, -0.1) is 24.0 Å². The summed E-state index contributed by atoms with van der Waals surface area (Å²) in [6, 6.07) is 4.03. The fraction of sp³-hybridized carbons (Fsp3) is 0.684. The Morgan fingerprint density at radius 2 is 2.16 bits per heavy atom. The van der Waals surface area contributed by atoms with E-state index >= 15 is 0 Å². The zero-order chi connectivity index (χ0) is 16.8. The SMILES string of the molecule is CCC1(CNC(=NC)NCc2ccnc(OCC3CC3)c2)CCC1.I. The number of hydrogen-bond donors (Lipinski definition) is 2. The van der Waals surface area contributed by atoms with Crippen LogP contribution in [0.4, 0.5) is 0 Å². The summed E-state index contributed by atoms with van der Waals surface area (Å²) in [5.74, 6) is 2.34. The first-order valence-electron chi connectivity index (χ1n) is 9.25. The second-order valence-corrected chi connectivity index (χ2v) is 7.24. The lowest BCUT2D eigenvalue weighted by Gasteiger charge is -2.41. The molecule has 1 heterocycles. The Hall–Kier alpha value is -1.05. The smallest absolute Gasteiger partial charge is 0.213 e. The number of ether oxygens (including phenoxy) is 1. The molecule has 0 radical (unpaired) electrons. The average Bonchev–Trinajstić information content (AvgIpc) is 3.40. The van der Waals surface area contributed by atoms with E-state index < -0.39 is 0 Å². The molecule has 0 atom stereocenters. The van der Waals surface area contributed by atoms with Crippen molar-refractivity contribution in [3.63, 3.8) is 0 Å². The Bertz CT molecular complexity index is 565. The van der Waals surface area contributed by atoms with Gasteiger partial charge in [0.1, 0.15) is 0 Å². The van der Waals surface area contributed by atoms with Crippen LogP contribution in [0.1, 0.15) is 51.0 Å². The van der Waals surface area contributed by atoms with E-state index in [9.17, 15) is 0 Å². The molecule has 2 N–H and O–H groups in total. The van der Waals surface area contributed by atoms with Crippen molar-refractivity contribution in [1.29, 1.82) is 0 Å². The minimum absolute atomic E-state index is 0. The predicted octanol–water partition coefficient (Wildman–Crippen LogP) is 3.73. The summed E-state index contributed by atoms with van der Waals surface area (Å²) in [6.07, 6.45) is 9.67. The van der Waals surface area contributed by atoms with Gasteiger partial charge in [0.15, 0.2) is 5.96 Å². The van der Waals surface area contributed by atoms with Crippen LogP contribution < -0.4 is 15.4 Å². The zero-order valence-electron chi connectivity index (χ0n) is 15.4. The van der Waals surface area contributed by atoms with Crippen molar-refractivity contribution in [3.8, 4) is 5.88 Å². The van der Waals surface area contributed by atoms with E-state index in [2.05, 4.69) is 27.5 Å². The van der Waals surface area contributed by atoms with Crippen molar-refractivity contribution < 1.29 is 4.74 Å². The second-order valence-electron chi connectivity index (χ2n) is 7.24. The number of nitrogens with zero attached hydrogens (tertiary/aromatic N) is 2. The summed E-state index contributed by atoms with van der Waals surface area (Å²) in [5, 5.41) is 6.88. The van der Waals surface area contributed by atoms with Crippen molar-refractivity contribution in [1.82, 2.24) is 15.6 Å². The largest absolute Gasteiger partial charge is 0.477 e. The monoisotopic (exact) mass is 458 g/mol. The van der Waals surface area contributed by atoms with Crippen molar-refractivity contribution in [2.24, 2.45) is 16.3 Å². The first-order valence-corrected chi connectivity index (χ1v) is 9.25. The number of guanidine groups is 1. The highest BCUT2D eigenvalue weighted by Crippen LogP contribution is 2.42. The molecule has 0 unspecified atom stereocenters. The number of rotatable bonds is 8. The number of aromatic nitrogens is 1. The molecule has 0 amide bonds. The number of hydrogen-bond acceptors (Lipinski definition) is 3. The van der Waals surface area contributed by atoms with Crippen LogP contribution in [-0.4, -0.2) is 31.1 Å². The van der Waals surface area contributed by atoms with E-state index in [1.807, 2.05) is 25.4 Å². The highest BCUT2D eigenvalue weighted by atomic mass is 127. The minimum atomic E-state index is 0. The Labute approximate surface area is 168 Å². The van der Waals surface area contributed by atoms with Gasteiger partial charge in [0.2, 0.25) is 5.88 Å². The van der Waals surface area contributed by atoms with E-state index in [1.54, 1.807) is 0 Å². The summed E-state index contributed by atoms with van der Waals surface area (Å²) < 4.78 is 5.75. The quantitative estimate of drug-likeness (QED) is 0.354. The van der Waals surface area contributed by atoms with Gasteiger partial charge in [-0.05, 0) is 55.1 Å². The van der Waals surface area contributed by atoms with Gasteiger partial charge in [0, 0.05) is 32.4 Å². The maximum absolute atomic E-state index is 5.75. The molecule has 0 spiro atoms. The van der Waals surface area contributed by atoms with Crippen LogP contribution in [0.25, 0.3) is 0 Å². The molecule has 0 aromatic carbocycles. The highest BCUT2D eigenvalue weighted by Gasteiger charge is 2.34. The van der Waals surface area contributed by atoms with Crippen molar-refractivity contribution in [2.45, 2.75) is 52.0 Å². The van der Waals surface area contributed by atoms with E-state index in [-0.39, 0.29) is 24.0 Å². The normalized spacial score (nSPS) is 18.7. The molecule has 0 saturated heterocycles. The molecule has 6 heteroatoms. The first kappa shape index (κ1) is 20.3. The molecule has 2 aliphatic carbocycles. The third kappa shape index (κ3) is 6.01. The van der Waals surface area contributed by atoms with Gasteiger partial charge in [-0.3, -0.25) is 4.99 Å². The Kier molecular flexibility index (Phi) is 7.78. The van der Waals surface area contributed by atoms with Crippen LogP contribution in [0.5, 0.6) is 5.88 Å². The van der Waals surface area contributed by atoms with Crippen molar-refractivity contribution in [2.75, 3.05) is 20.2 Å². The molecule has 1 aromatic heterocycles. The van der Waals surface area contributed by atoms with Gasteiger partial charge >= 0.3 is 0 Å². The fourth-order valence-electron chi connectivity index (χ4n) is 3.14. The molecule has 0 aliphatic heterocycles.